The molecule has 1 aliphatic carbocycles. The number of imidazole rings is 1. The lowest BCUT2D eigenvalue weighted by Crippen LogP contribution is -2.30. The van der Waals surface area contributed by atoms with Crippen LogP contribution in [-0.4, -0.2) is 11.2 Å². The van der Waals surface area contributed by atoms with Gasteiger partial charge in [-0.1, -0.05) is 56.2 Å². The number of rotatable bonds is 13. The molecule has 0 unspecified atom stereocenters. The summed E-state index contributed by atoms with van der Waals surface area (Å²) in [6.45, 7) is 4.11. The lowest BCUT2D eigenvalue weighted by molar-refractivity contribution is -0.696. The second kappa shape index (κ2) is 14.7. The van der Waals surface area contributed by atoms with E-state index >= 15 is 0 Å². The van der Waals surface area contributed by atoms with E-state index in [1.807, 2.05) is 36.4 Å². The molecule has 41 heavy (non-hydrogen) atoms. The molecule has 212 valence electrons. The van der Waals surface area contributed by atoms with E-state index in [9.17, 15) is 0 Å². The van der Waals surface area contributed by atoms with Crippen LogP contribution in [0, 0.1) is 17.2 Å². The highest BCUT2D eigenvalue weighted by atomic mass is 16.5. The van der Waals surface area contributed by atoms with Crippen molar-refractivity contribution in [1.29, 1.82) is 5.26 Å². The summed E-state index contributed by atoms with van der Waals surface area (Å²) in [4.78, 5) is 0. The van der Waals surface area contributed by atoms with Crippen molar-refractivity contribution in [3.63, 3.8) is 0 Å². The first kappa shape index (κ1) is 28.7. The van der Waals surface area contributed by atoms with E-state index in [1.165, 1.54) is 69.0 Å². The van der Waals surface area contributed by atoms with Gasteiger partial charge in [-0.25, -0.2) is 9.13 Å². The highest BCUT2D eigenvalue weighted by Gasteiger charge is 2.22. The summed E-state index contributed by atoms with van der Waals surface area (Å²) in [6, 6.07) is 27.3. The Labute approximate surface area is 246 Å². The van der Waals surface area contributed by atoms with Crippen LogP contribution in [0.3, 0.4) is 0 Å². The molecule has 4 heteroatoms. The number of nitrogens with zero attached hydrogens (tertiary/aromatic N) is 3. The Hall–Kier alpha value is -3.84. The Bertz CT molecular complexity index is 1370. The average molecular weight is 547 g/mol. The largest absolute Gasteiger partial charge is 0.494 e. The molecule has 0 bridgehead atoms. The molecule has 1 aliphatic rings. The Morgan fingerprint density at radius 3 is 2.20 bits per heavy atom. The Morgan fingerprint density at radius 1 is 0.829 bits per heavy atom. The summed E-state index contributed by atoms with van der Waals surface area (Å²) in [7, 11) is 0. The van der Waals surface area contributed by atoms with Gasteiger partial charge in [0.2, 0.25) is 6.33 Å². The topological polar surface area (TPSA) is 41.8 Å². The predicted molar refractivity (Wildman–Crippen MR) is 166 cm³/mol. The van der Waals surface area contributed by atoms with Crippen molar-refractivity contribution < 1.29 is 9.30 Å². The monoisotopic (exact) mass is 546 g/mol. The first-order valence-corrected chi connectivity index (χ1v) is 15.6. The van der Waals surface area contributed by atoms with Gasteiger partial charge in [-0.15, -0.1) is 0 Å². The minimum absolute atomic E-state index is 0.682. The van der Waals surface area contributed by atoms with Gasteiger partial charge in [0.05, 0.1) is 24.8 Å². The molecule has 0 atom stereocenters. The Balaban J connectivity index is 0.976. The van der Waals surface area contributed by atoms with Crippen molar-refractivity contribution in [2.45, 2.75) is 83.6 Å². The first-order valence-electron chi connectivity index (χ1n) is 15.6. The molecule has 0 N–H and O–H groups in total. The van der Waals surface area contributed by atoms with Crippen molar-refractivity contribution in [2.75, 3.05) is 6.61 Å². The van der Waals surface area contributed by atoms with Crippen molar-refractivity contribution in [3.8, 4) is 28.6 Å². The van der Waals surface area contributed by atoms with Crippen molar-refractivity contribution in [2.24, 2.45) is 5.92 Å². The molecular formula is C37H44N3O+. The molecular weight excluding hydrogens is 502 g/mol. The van der Waals surface area contributed by atoms with E-state index in [-0.39, 0.29) is 0 Å². The lowest BCUT2D eigenvalue weighted by Gasteiger charge is -2.28. The van der Waals surface area contributed by atoms with Gasteiger partial charge in [0, 0.05) is 0 Å². The van der Waals surface area contributed by atoms with E-state index in [1.54, 1.807) is 0 Å². The number of hydrogen-bond donors (Lipinski definition) is 0. The molecule has 0 saturated heterocycles. The number of hydrogen-bond acceptors (Lipinski definition) is 2. The molecule has 4 nitrogen and oxygen atoms in total. The van der Waals surface area contributed by atoms with Gasteiger partial charge in [-0.2, -0.15) is 5.26 Å². The first-order chi connectivity index (χ1) is 20.2. The number of ether oxygens (including phenoxy) is 1. The van der Waals surface area contributed by atoms with E-state index in [0.29, 0.717) is 5.56 Å². The number of nitriles is 1. The molecule has 1 aromatic heterocycles. The average Bonchev–Trinajstić information content (AvgIpc) is 3.51. The quantitative estimate of drug-likeness (QED) is 0.124. The summed E-state index contributed by atoms with van der Waals surface area (Å²) in [6.07, 6.45) is 19.4. The van der Waals surface area contributed by atoms with Crippen LogP contribution in [0.2, 0.25) is 0 Å². The van der Waals surface area contributed by atoms with Gasteiger partial charge in [0.1, 0.15) is 23.8 Å². The summed E-state index contributed by atoms with van der Waals surface area (Å²) in [5, 5.41) is 8.96. The molecule has 4 aromatic rings. The van der Waals surface area contributed by atoms with Crippen LogP contribution in [0.15, 0.2) is 91.5 Å². The number of aryl methyl sites for hydroxylation is 1. The van der Waals surface area contributed by atoms with Crippen LogP contribution in [0.1, 0.15) is 88.2 Å². The van der Waals surface area contributed by atoms with E-state index in [2.05, 4.69) is 77.2 Å². The van der Waals surface area contributed by atoms with Gasteiger partial charge in [0.25, 0.3) is 0 Å². The fraction of sp³-hybridized carbons (Fsp3) is 0.405. The molecule has 0 radical (unpaired) electrons. The summed E-state index contributed by atoms with van der Waals surface area (Å²) < 4.78 is 10.5. The maximum atomic E-state index is 8.96. The zero-order valence-corrected chi connectivity index (χ0v) is 24.6. The van der Waals surface area contributed by atoms with Gasteiger partial charge < -0.3 is 4.74 Å². The number of aromatic nitrogens is 2. The fourth-order valence-electron chi connectivity index (χ4n) is 6.21. The molecule has 1 fully saturated rings. The summed E-state index contributed by atoms with van der Waals surface area (Å²) in [5.74, 6) is 2.62. The fourth-order valence-corrected chi connectivity index (χ4v) is 6.21. The van der Waals surface area contributed by atoms with Gasteiger partial charge >= 0.3 is 0 Å². The van der Waals surface area contributed by atoms with Crippen molar-refractivity contribution in [3.05, 3.63) is 103 Å². The molecule has 0 aliphatic heterocycles. The normalized spacial score (nSPS) is 16.8. The SMILES string of the molecule is CCCC1CCC(c2ccc(-n3cc[n+](CCCCCCOc4ccc(-c5ccc(C#N)cc5)cc4)c3)cc2)CC1. The minimum atomic E-state index is 0.682. The maximum absolute atomic E-state index is 8.96. The molecule has 1 heterocycles. The van der Waals surface area contributed by atoms with Gasteiger partial charge in [0.15, 0.2) is 0 Å². The van der Waals surface area contributed by atoms with Gasteiger partial charge in [-0.3, -0.25) is 0 Å². The maximum Gasteiger partial charge on any atom is 0.248 e. The summed E-state index contributed by atoms with van der Waals surface area (Å²) >= 11 is 0. The lowest BCUT2D eigenvalue weighted by atomic mass is 9.77. The predicted octanol–water partition coefficient (Wildman–Crippen LogP) is 9.02. The second-order valence-corrected chi connectivity index (χ2v) is 11.6. The van der Waals surface area contributed by atoms with Crippen LogP contribution < -0.4 is 9.30 Å². The minimum Gasteiger partial charge on any atom is -0.494 e. The molecule has 0 spiro atoms. The summed E-state index contributed by atoms with van der Waals surface area (Å²) in [5.41, 5.74) is 5.69. The van der Waals surface area contributed by atoms with Crippen LogP contribution in [0.25, 0.3) is 16.8 Å². The Morgan fingerprint density at radius 2 is 1.51 bits per heavy atom. The highest BCUT2D eigenvalue weighted by molar-refractivity contribution is 5.64. The third-order valence-corrected chi connectivity index (χ3v) is 8.68. The molecule has 0 amide bonds. The van der Waals surface area contributed by atoms with E-state index in [0.717, 1.165) is 48.3 Å². The van der Waals surface area contributed by atoms with Crippen LogP contribution in [0.5, 0.6) is 5.75 Å². The third kappa shape index (κ3) is 8.10. The van der Waals surface area contributed by atoms with E-state index < -0.39 is 0 Å². The van der Waals surface area contributed by atoms with Crippen LogP contribution in [0.4, 0.5) is 0 Å². The van der Waals surface area contributed by atoms with E-state index in [4.69, 9.17) is 10.00 Å². The molecule has 5 rings (SSSR count). The zero-order valence-electron chi connectivity index (χ0n) is 24.6. The van der Waals surface area contributed by atoms with Crippen molar-refractivity contribution in [1.82, 2.24) is 4.57 Å². The number of benzene rings is 3. The van der Waals surface area contributed by atoms with Crippen LogP contribution in [-0.2, 0) is 6.54 Å². The second-order valence-electron chi connectivity index (χ2n) is 11.6. The Kier molecular flexibility index (Phi) is 10.3. The van der Waals surface area contributed by atoms with Crippen LogP contribution >= 0.6 is 0 Å². The number of unbranched alkanes of at least 4 members (excludes halogenated alkanes) is 3. The highest BCUT2D eigenvalue weighted by Crippen LogP contribution is 2.37. The van der Waals surface area contributed by atoms with Crippen molar-refractivity contribution >= 4 is 0 Å². The molecule has 3 aromatic carbocycles. The van der Waals surface area contributed by atoms with Gasteiger partial charge in [-0.05, 0) is 116 Å². The standard InChI is InChI=1S/C37H44N3O/c1-2-7-30-8-12-32(13-9-30)34-16-20-36(21-17-34)40-26-25-39(29-40)24-5-3-4-6-27-41-37-22-18-35(19-23-37)33-14-10-31(28-38)11-15-33/h10-11,14-23,25-26,29-30,32H,2-9,12-13,24,27H2,1H3/q+1. The third-order valence-electron chi connectivity index (χ3n) is 8.68. The molecule has 1 saturated carbocycles. The smallest absolute Gasteiger partial charge is 0.248 e. The zero-order chi connectivity index (χ0) is 28.3.